The average molecular weight is 348 g/mol. The maximum Gasteiger partial charge on any atom is 0.343 e. The number of hydrogen-bond donors (Lipinski definition) is 1. The summed E-state index contributed by atoms with van der Waals surface area (Å²) in [5.41, 5.74) is 1.80. The number of halogens is 1. The van der Waals surface area contributed by atoms with E-state index in [4.69, 9.17) is 16.3 Å². The minimum absolute atomic E-state index is 0.0680. The summed E-state index contributed by atoms with van der Waals surface area (Å²) in [5, 5.41) is 3.25. The fourth-order valence-corrected chi connectivity index (χ4v) is 3.38. The first-order valence-corrected chi connectivity index (χ1v) is 8.30. The molecule has 2 aromatic carbocycles. The number of anilines is 1. The average Bonchev–Trinajstić information content (AvgIpc) is 2.50. The quantitative estimate of drug-likeness (QED) is 0.650. The lowest BCUT2D eigenvalue weighted by atomic mass is 10.2. The van der Waals surface area contributed by atoms with Crippen molar-refractivity contribution in [2.45, 2.75) is 24.0 Å². The Labute approximate surface area is 143 Å². The number of hydrogen-bond acceptors (Lipinski definition) is 4. The number of rotatable bonds is 2. The molecule has 1 aliphatic heterocycles. The summed E-state index contributed by atoms with van der Waals surface area (Å²) in [4.78, 5) is 25.0. The molecule has 1 aliphatic rings. The number of carbonyl (C=O) groups is 2. The molecule has 2 aromatic rings. The van der Waals surface area contributed by atoms with Crippen LogP contribution in [0.15, 0.2) is 41.3 Å². The Kier molecular flexibility index (Phi) is 4.33. The van der Waals surface area contributed by atoms with Crippen LogP contribution in [0.2, 0.25) is 5.02 Å². The molecule has 1 atom stereocenters. The first-order chi connectivity index (χ1) is 10.9. The van der Waals surface area contributed by atoms with E-state index >= 15 is 0 Å². The number of fused-ring (bicyclic) bond motifs is 1. The Morgan fingerprint density at radius 3 is 2.78 bits per heavy atom. The van der Waals surface area contributed by atoms with Crippen molar-refractivity contribution >= 4 is 40.9 Å². The molecule has 3 rings (SSSR count). The van der Waals surface area contributed by atoms with Crippen molar-refractivity contribution in [2.24, 2.45) is 0 Å². The van der Waals surface area contributed by atoms with Gasteiger partial charge in [-0.05, 0) is 55.8 Å². The molecule has 23 heavy (non-hydrogen) atoms. The van der Waals surface area contributed by atoms with E-state index in [1.807, 2.05) is 19.9 Å². The summed E-state index contributed by atoms with van der Waals surface area (Å²) in [5.74, 6) is -0.0817. The second kappa shape index (κ2) is 6.26. The molecule has 0 aromatic heterocycles. The van der Waals surface area contributed by atoms with Gasteiger partial charge in [0.2, 0.25) is 5.91 Å². The van der Waals surface area contributed by atoms with E-state index in [1.165, 1.54) is 11.8 Å². The van der Waals surface area contributed by atoms with Gasteiger partial charge in [0, 0.05) is 9.92 Å². The molecule has 1 amide bonds. The van der Waals surface area contributed by atoms with Crippen molar-refractivity contribution in [1.82, 2.24) is 0 Å². The number of nitrogens with one attached hydrogen (secondary N) is 1. The van der Waals surface area contributed by atoms with Crippen molar-refractivity contribution in [3.63, 3.8) is 0 Å². The molecule has 0 aliphatic carbocycles. The van der Waals surface area contributed by atoms with Crippen LogP contribution < -0.4 is 10.1 Å². The van der Waals surface area contributed by atoms with E-state index in [9.17, 15) is 9.59 Å². The summed E-state index contributed by atoms with van der Waals surface area (Å²) in [6.07, 6.45) is 0. The molecule has 0 radical (unpaired) electrons. The number of benzene rings is 2. The van der Waals surface area contributed by atoms with E-state index in [-0.39, 0.29) is 11.2 Å². The van der Waals surface area contributed by atoms with Gasteiger partial charge in [0.15, 0.2) is 0 Å². The van der Waals surface area contributed by atoms with E-state index < -0.39 is 5.97 Å². The lowest BCUT2D eigenvalue weighted by Crippen LogP contribution is -2.26. The normalized spacial score (nSPS) is 16.5. The monoisotopic (exact) mass is 347 g/mol. The van der Waals surface area contributed by atoms with Crippen LogP contribution >= 0.6 is 23.4 Å². The summed E-state index contributed by atoms with van der Waals surface area (Å²) in [6.45, 7) is 3.66. The van der Waals surface area contributed by atoms with Crippen LogP contribution in [0.5, 0.6) is 5.75 Å². The third-order valence-corrected chi connectivity index (χ3v) is 4.90. The standard InChI is InChI=1S/C17H14ClNO3S/c1-9-7-12(18)4-5-14(9)22-17(21)11-3-6-15-13(8-11)19-16(20)10(2)23-15/h3-8,10H,1-2H3,(H,19,20). The number of esters is 1. The first-order valence-electron chi connectivity index (χ1n) is 7.04. The number of amides is 1. The predicted molar refractivity (Wildman–Crippen MR) is 91.5 cm³/mol. The molecule has 0 spiro atoms. The van der Waals surface area contributed by atoms with E-state index in [1.54, 1.807) is 30.3 Å². The van der Waals surface area contributed by atoms with Crippen LogP contribution in [-0.4, -0.2) is 17.1 Å². The zero-order chi connectivity index (χ0) is 16.6. The number of ether oxygens (including phenoxy) is 1. The van der Waals surface area contributed by atoms with Gasteiger partial charge in [-0.3, -0.25) is 4.79 Å². The van der Waals surface area contributed by atoms with Crippen LogP contribution in [0.1, 0.15) is 22.8 Å². The summed E-state index contributed by atoms with van der Waals surface area (Å²) in [6, 6.07) is 10.2. The van der Waals surface area contributed by atoms with Crippen molar-refractivity contribution < 1.29 is 14.3 Å². The highest BCUT2D eigenvalue weighted by Crippen LogP contribution is 2.36. The van der Waals surface area contributed by atoms with Crippen LogP contribution in [0.4, 0.5) is 5.69 Å². The van der Waals surface area contributed by atoms with E-state index in [2.05, 4.69) is 5.32 Å². The Bertz CT molecular complexity index is 806. The zero-order valence-electron chi connectivity index (χ0n) is 12.6. The van der Waals surface area contributed by atoms with E-state index in [0.29, 0.717) is 22.0 Å². The second-order valence-corrected chi connectivity index (χ2v) is 7.08. The first kappa shape index (κ1) is 15.9. The predicted octanol–water partition coefficient (Wildman–Crippen LogP) is 4.30. The zero-order valence-corrected chi connectivity index (χ0v) is 14.1. The van der Waals surface area contributed by atoms with Crippen molar-refractivity contribution in [3.05, 3.63) is 52.5 Å². The SMILES string of the molecule is Cc1cc(Cl)ccc1OC(=O)c1ccc2c(c1)NC(=O)C(C)S2. The molecule has 4 nitrogen and oxygen atoms in total. The Morgan fingerprint density at radius 1 is 1.26 bits per heavy atom. The summed E-state index contributed by atoms with van der Waals surface area (Å²) >= 11 is 7.36. The highest BCUT2D eigenvalue weighted by atomic mass is 35.5. The number of aryl methyl sites for hydroxylation is 1. The van der Waals surface area contributed by atoms with Gasteiger partial charge in [-0.25, -0.2) is 4.79 Å². The molecule has 118 valence electrons. The highest BCUT2D eigenvalue weighted by Gasteiger charge is 2.24. The third-order valence-electron chi connectivity index (χ3n) is 3.49. The molecule has 0 saturated heterocycles. The minimum atomic E-state index is -0.476. The van der Waals surface area contributed by atoms with Crippen molar-refractivity contribution in [1.29, 1.82) is 0 Å². The fourth-order valence-electron chi connectivity index (χ4n) is 2.22. The van der Waals surface area contributed by atoms with Crippen LogP contribution in [0.25, 0.3) is 0 Å². The van der Waals surface area contributed by atoms with Gasteiger partial charge in [-0.1, -0.05) is 11.6 Å². The van der Waals surface area contributed by atoms with Gasteiger partial charge in [0.05, 0.1) is 16.5 Å². The third kappa shape index (κ3) is 3.35. The lowest BCUT2D eigenvalue weighted by molar-refractivity contribution is -0.115. The van der Waals surface area contributed by atoms with Gasteiger partial charge in [0.25, 0.3) is 0 Å². The van der Waals surface area contributed by atoms with E-state index in [0.717, 1.165) is 10.5 Å². The van der Waals surface area contributed by atoms with Crippen LogP contribution in [0, 0.1) is 6.92 Å². The molecule has 1 unspecified atom stereocenters. The fraction of sp³-hybridized carbons (Fsp3) is 0.176. The van der Waals surface area contributed by atoms with Gasteiger partial charge >= 0.3 is 5.97 Å². The maximum absolute atomic E-state index is 12.3. The highest BCUT2D eigenvalue weighted by molar-refractivity contribution is 8.00. The van der Waals surface area contributed by atoms with Crippen molar-refractivity contribution in [3.8, 4) is 5.75 Å². The molecule has 1 N–H and O–H groups in total. The summed E-state index contributed by atoms with van der Waals surface area (Å²) < 4.78 is 5.41. The summed E-state index contributed by atoms with van der Waals surface area (Å²) in [7, 11) is 0. The lowest BCUT2D eigenvalue weighted by Gasteiger charge is -2.21. The van der Waals surface area contributed by atoms with Crippen LogP contribution in [0.3, 0.4) is 0 Å². The molecular formula is C17H14ClNO3S. The molecule has 1 heterocycles. The Balaban J connectivity index is 1.83. The van der Waals surface area contributed by atoms with Crippen LogP contribution in [-0.2, 0) is 4.79 Å². The molecular weight excluding hydrogens is 334 g/mol. The van der Waals surface area contributed by atoms with Gasteiger partial charge in [-0.15, -0.1) is 11.8 Å². The Hall–Kier alpha value is -1.98. The molecule has 6 heteroatoms. The maximum atomic E-state index is 12.3. The number of carbonyl (C=O) groups excluding carboxylic acids is 2. The molecule has 0 fully saturated rings. The van der Waals surface area contributed by atoms with Crippen molar-refractivity contribution in [2.75, 3.05) is 5.32 Å². The van der Waals surface area contributed by atoms with Gasteiger partial charge < -0.3 is 10.1 Å². The number of thioether (sulfide) groups is 1. The second-order valence-electron chi connectivity index (χ2n) is 5.26. The topological polar surface area (TPSA) is 55.4 Å². The Morgan fingerprint density at radius 2 is 2.04 bits per heavy atom. The van der Waals surface area contributed by atoms with Gasteiger partial charge in [-0.2, -0.15) is 0 Å². The smallest absolute Gasteiger partial charge is 0.343 e. The molecule has 0 saturated carbocycles. The minimum Gasteiger partial charge on any atom is -0.423 e. The largest absolute Gasteiger partial charge is 0.423 e. The van der Waals surface area contributed by atoms with Gasteiger partial charge in [0.1, 0.15) is 5.75 Å². The molecule has 0 bridgehead atoms.